The van der Waals surface area contributed by atoms with E-state index < -0.39 is 33.9 Å². The average molecular weight is 393 g/mol. The lowest BCUT2D eigenvalue weighted by Crippen LogP contribution is -2.42. The van der Waals surface area contributed by atoms with Gasteiger partial charge in [-0.2, -0.15) is 21.6 Å². The van der Waals surface area contributed by atoms with E-state index >= 15 is 0 Å². The summed E-state index contributed by atoms with van der Waals surface area (Å²) in [6, 6.07) is 4.28. The number of anilines is 1. The summed E-state index contributed by atoms with van der Waals surface area (Å²) in [5.74, 6) is 0. The SMILES string of the molecule is CCN(c1ccc(C)c(B2OC(C)(C)C(C)(C)O2)c1)S(=O)(=O)C(F)(F)F. The molecule has 2 rings (SSSR count). The first kappa shape index (κ1) is 21.0. The highest BCUT2D eigenvalue weighted by Gasteiger charge is 2.53. The normalized spacial score (nSPS) is 19.7. The van der Waals surface area contributed by atoms with Gasteiger partial charge in [0.15, 0.2) is 0 Å². The Morgan fingerprint density at radius 2 is 1.62 bits per heavy atom. The molecule has 1 aliphatic heterocycles. The van der Waals surface area contributed by atoms with Crippen LogP contribution in [0.4, 0.5) is 18.9 Å². The van der Waals surface area contributed by atoms with Crippen LogP contribution in [0.2, 0.25) is 0 Å². The van der Waals surface area contributed by atoms with Crippen LogP contribution in [0.25, 0.3) is 0 Å². The fourth-order valence-electron chi connectivity index (χ4n) is 2.62. The average Bonchev–Trinajstić information content (AvgIpc) is 2.68. The molecule has 0 aliphatic carbocycles. The fraction of sp³-hybridized carbons (Fsp3) is 0.625. The van der Waals surface area contributed by atoms with E-state index in [1.54, 1.807) is 13.0 Å². The quantitative estimate of drug-likeness (QED) is 0.739. The molecule has 0 bridgehead atoms. The molecule has 0 N–H and O–H groups in total. The van der Waals surface area contributed by atoms with Gasteiger partial charge in [-0.15, -0.1) is 0 Å². The summed E-state index contributed by atoms with van der Waals surface area (Å²) >= 11 is 0. The first-order chi connectivity index (χ1) is 11.6. The lowest BCUT2D eigenvalue weighted by Gasteiger charge is -2.32. The summed E-state index contributed by atoms with van der Waals surface area (Å²) in [6.07, 6.45) is 0. The van der Waals surface area contributed by atoms with Crippen molar-refractivity contribution in [2.75, 3.05) is 10.8 Å². The van der Waals surface area contributed by atoms with Crippen LogP contribution in [0, 0.1) is 6.92 Å². The fourth-order valence-corrected chi connectivity index (χ4v) is 3.60. The molecule has 1 aliphatic rings. The smallest absolute Gasteiger partial charge is 0.399 e. The van der Waals surface area contributed by atoms with Gasteiger partial charge in [0.05, 0.1) is 16.9 Å². The van der Waals surface area contributed by atoms with E-state index in [4.69, 9.17) is 9.31 Å². The Morgan fingerprint density at radius 1 is 1.12 bits per heavy atom. The third kappa shape index (κ3) is 3.46. The molecular formula is C16H23BF3NO4S. The van der Waals surface area contributed by atoms with Crippen LogP contribution in [-0.4, -0.2) is 38.8 Å². The van der Waals surface area contributed by atoms with Gasteiger partial charge in [-0.05, 0) is 59.1 Å². The van der Waals surface area contributed by atoms with E-state index in [1.807, 2.05) is 27.7 Å². The Bertz CT molecular complexity index is 777. The summed E-state index contributed by atoms with van der Waals surface area (Å²) in [6.45, 7) is 10.2. The van der Waals surface area contributed by atoms with Gasteiger partial charge in [0.25, 0.3) is 0 Å². The van der Waals surface area contributed by atoms with Crippen LogP contribution in [0.1, 0.15) is 40.2 Å². The first-order valence-corrected chi connectivity index (χ1v) is 9.63. The third-order valence-electron chi connectivity index (χ3n) is 4.93. The molecule has 5 nitrogen and oxygen atoms in total. The van der Waals surface area contributed by atoms with Crippen molar-refractivity contribution >= 4 is 28.3 Å². The number of halogens is 3. The van der Waals surface area contributed by atoms with Crippen LogP contribution in [0.15, 0.2) is 18.2 Å². The van der Waals surface area contributed by atoms with Gasteiger partial charge in [0.2, 0.25) is 0 Å². The lowest BCUT2D eigenvalue weighted by atomic mass is 9.76. The first-order valence-electron chi connectivity index (χ1n) is 8.19. The number of sulfonamides is 1. The second kappa shape index (κ2) is 6.42. The van der Waals surface area contributed by atoms with Gasteiger partial charge in [-0.1, -0.05) is 11.6 Å². The molecule has 0 aromatic heterocycles. The van der Waals surface area contributed by atoms with E-state index in [-0.39, 0.29) is 12.2 Å². The van der Waals surface area contributed by atoms with Crippen molar-refractivity contribution in [1.29, 1.82) is 0 Å². The lowest BCUT2D eigenvalue weighted by molar-refractivity contribution is -0.0438. The number of hydrogen-bond donors (Lipinski definition) is 0. The molecule has 0 unspecified atom stereocenters. The summed E-state index contributed by atoms with van der Waals surface area (Å²) in [5, 5.41) is 0. The van der Waals surface area contributed by atoms with Crippen LogP contribution >= 0.6 is 0 Å². The number of nitrogens with zero attached hydrogens (tertiary/aromatic N) is 1. The number of aryl methyl sites for hydroxylation is 1. The molecule has 0 saturated carbocycles. The second-order valence-corrected chi connectivity index (χ2v) is 9.10. The zero-order valence-corrected chi connectivity index (χ0v) is 16.5. The molecule has 0 radical (unpaired) electrons. The van der Waals surface area contributed by atoms with Gasteiger partial charge in [0.1, 0.15) is 0 Å². The minimum atomic E-state index is -5.49. The summed E-state index contributed by atoms with van der Waals surface area (Å²) in [7, 11) is -6.29. The molecule has 146 valence electrons. The van der Waals surface area contributed by atoms with Crippen LogP contribution in [0.5, 0.6) is 0 Å². The Morgan fingerprint density at radius 3 is 2.04 bits per heavy atom. The van der Waals surface area contributed by atoms with E-state index in [0.717, 1.165) is 5.56 Å². The van der Waals surface area contributed by atoms with Crippen molar-refractivity contribution in [2.45, 2.75) is 58.3 Å². The van der Waals surface area contributed by atoms with Crippen molar-refractivity contribution in [3.05, 3.63) is 23.8 Å². The molecule has 1 aromatic carbocycles. The van der Waals surface area contributed by atoms with Gasteiger partial charge in [0, 0.05) is 6.54 Å². The Hall–Kier alpha value is -1.26. The topological polar surface area (TPSA) is 55.8 Å². The van der Waals surface area contributed by atoms with Gasteiger partial charge >= 0.3 is 22.7 Å². The Kier molecular flexibility index (Phi) is 5.20. The molecule has 10 heteroatoms. The molecule has 0 amide bonds. The number of benzene rings is 1. The summed E-state index contributed by atoms with van der Waals surface area (Å²) < 4.78 is 74.8. The molecular weight excluding hydrogens is 370 g/mol. The monoisotopic (exact) mass is 393 g/mol. The number of hydrogen-bond acceptors (Lipinski definition) is 4. The molecule has 0 atom stereocenters. The predicted molar refractivity (Wildman–Crippen MR) is 94.9 cm³/mol. The van der Waals surface area contributed by atoms with Crippen molar-refractivity contribution in [3.8, 4) is 0 Å². The minimum absolute atomic E-state index is 0.0832. The number of alkyl halides is 3. The van der Waals surface area contributed by atoms with Crippen LogP contribution in [0.3, 0.4) is 0 Å². The molecule has 1 aromatic rings. The maximum atomic E-state index is 13.0. The van der Waals surface area contributed by atoms with Crippen LogP contribution < -0.4 is 9.77 Å². The van der Waals surface area contributed by atoms with Crippen LogP contribution in [-0.2, 0) is 19.3 Å². The molecule has 1 fully saturated rings. The highest BCUT2D eigenvalue weighted by Crippen LogP contribution is 2.37. The third-order valence-corrected chi connectivity index (χ3v) is 6.56. The number of rotatable bonds is 4. The van der Waals surface area contributed by atoms with Gasteiger partial charge in [-0.25, -0.2) is 0 Å². The predicted octanol–water partition coefficient (Wildman–Crippen LogP) is 2.97. The molecule has 0 spiro atoms. The van der Waals surface area contributed by atoms with Gasteiger partial charge in [-0.3, -0.25) is 4.31 Å². The maximum absolute atomic E-state index is 13.0. The minimum Gasteiger partial charge on any atom is -0.399 e. The molecule has 1 heterocycles. The van der Waals surface area contributed by atoms with E-state index in [0.29, 0.717) is 9.77 Å². The van der Waals surface area contributed by atoms with Gasteiger partial charge < -0.3 is 9.31 Å². The second-order valence-electron chi connectivity index (χ2n) is 7.24. The molecule has 1 saturated heterocycles. The maximum Gasteiger partial charge on any atom is 0.516 e. The Balaban J connectivity index is 2.48. The van der Waals surface area contributed by atoms with Crippen molar-refractivity contribution in [3.63, 3.8) is 0 Å². The zero-order valence-electron chi connectivity index (χ0n) is 15.6. The van der Waals surface area contributed by atoms with Crippen molar-refractivity contribution < 1.29 is 30.9 Å². The van der Waals surface area contributed by atoms with Crippen molar-refractivity contribution in [1.82, 2.24) is 0 Å². The van der Waals surface area contributed by atoms with E-state index in [9.17, 15) is 21.6 Å². The molecule has 26 heavy (non-hydrogen) atoms. The Labute approximate surface area is 152 Å². The standard InChI is InChI=1S/C16H23BF3NO4S/c1-7-21(26(22,23)16(18,19)20)12-9-8-11(2)13(10-12)17-24-14(3,4)15(5,6)25-17/h8-10H,7H2,1-6H3. The zero-order chi connectivity index (χ0) is 20.1. The highest BCUT2D eigenvalue weighted by molar-refractivity contribution is 7.93. The van der Waals surface area contributed by atoms with E-state index in [1.165, 1.54) is 19.1 Å². The highest BCUT2D eigenvalue weighted by atomic mass is 32.2. The van der Waals surface area contributed by atoms with Crippen molar-refractivity contribution in [2.24, 2.45) is 0 Å². The summed E-state index contributed by atoms with van der Waals surface area (Å²) in [4.78, 5) is 0. The summed E-state index contributed by atoms with van der Waals surface area (Å²) in [5.41, 5.74) is -5.48. The largest absolute Gasteiger partial charge is 0.516 e. The van der Waals surface area contributed by atoms with E-state index in [2.05, 4.69) is 0 Å².